The molecule has 0 aliphatic carbocycles. The lowest BCUT2D eigenvalue weighted by atomic mass is 9.99. The van der Waals surface area contributed by atoms with Crippen LogP contribution in [0.4, 0.5) is 4.39 Å². The fourth-order valence-electron chi connectivity index (χ4n) is 4.04. The number of aromatic nitrogens is 2. The minimum atomic E-state index is -1.00. The number of hydrogen-bond acceptors (Lipinski definition) is 3. The van der Waals surface area contributed by atoms with E-state index in [0.717, 1.165) is 28.5 Å². The Balaban J connectivity index is 2.00. The number of alkyl halides is 1. The van der Waals surface area contributed by atoms with Gasteiger partial charge in [0.25, 0.3) is 0 Å². The zero-order valence-electron chi connectivity index (χ0n) is 19.0. The molecule has 0 unspecified atom stereocenters. The molecule has 0 saturated heterocycles. The highest BCUT2D eigenvalue weighted by atomic mass is 19.1. The maximum absolute atomic E-state index is 14.0. The van der Waals surface area contributed by atoms with Gasteiger partial charge in [0, 0.05) is 12.1 Å². The van der Waals surface area contributed by atoms with Crippen LogP contribution in [0.3, 0.4) is 0 Å². The molecule has 1 aromatic heterocycles. The van der Waals surface area contributed by atoms with E-state index in [9.17, 15) is 23.9 Å². The van der Waals surface area contributed by atoms with E-state index in [4.69, 9.17) is 0 Å². The Kier molecular flexibility index (Phi) is 7.98. The van der Waals surface area contributed by atoms with Gasteiger partial charge in [-0.05, 0) is 42.0 Å². The van der Waals surface area contributed by atoms with E-state index in [1.54, 1.807) is 24.3 Å². The normalized spacial score (nSPS) is 11.0. The second-order valence-corrected chi connectivity index (χ2v) is 8.03. The van der Waals surface area contributed by atoms with Gasteiger partial charge in [-0.1, -0.05) is 62.7 Å². The molecule has 0 saturated carbocycles. The second-order valence-electron chi connectivity index (χ2n) is 8.03. The average Bonchev–Trinajstić information content (AvgIpc) is 3.08. The molecule has 0 radical (unpaired) electrons. The lowest BCUT2D eigenvalue weighted by Crippen LogP contribution is -2.30. The minimum Gasteiger partial charge on any atom is -0.478 e. The highest BCUT2D eigenvalue weighted by Gasteiger charge is 2.23. The van der Waals surface area contributed by atoms with Crippen LogP contribution in [0.25, 0.3) is 11.1 Å². The standard InChI is InChI=1S/C26H29FN2O4/c1-3-5-11-22-23(16-27)29(24(30)8-4-2)26(33)28(22)17-18-12-14-19(15-13-18)20-9-6-7-10-21(20)25(31)32/h6-7,9-10,12-15H,3-5,8,11,16-17H2,1-2H3,(H,31,32). The first kappa shape index (κ1) is 24.2. The first-order chi connectivity index (χ1) is 15.9. The summed E-state index contributed by atoms with van der Waals surface area (Å²) in [4.78, 5) is 37.2. The summed E-state index contributed by atoms with van der Waals surface area (Å²) < 4.78 is 16.5. The molecule has 174 valence electrons. The number of carbonyl (C=O) groups is 2. The predicted octanol–water partition coefficient (Wildman–Crippen LogP) is 5.32. The highest BCUT2D eigenvalue weighted by Crippen LogP contribution is 2.25. The first-order valence-corrected chi connectivity index (χ1v) is 11.3. The topological polar surface area (TPSA) is 81.3 Å². The summed E-state index contributed by atoms with van der Waals surface area (Å²) in [5.41, 5.74) is 2.57. The van der Waals surface area contributed by atoms with Crippen LogP contribution in [0.5, 0.6) is 0 Å². The molecule has 1 heterocycles. The average molecular weight is 453 g/mol. The molecule has 6 nitrogen and oxygen atoms in total. The highest BCUT2D eigenvalue weighted by molar-refractivity contribution is 5.96. The van der Waals surface area contributed by atoms with Crippen molar-refractivity contribution < 1.29 is 19.1 Å². The van der Waals surface area contributed by atoms with Crippen LogP contribution in [0.1, 0.15) is 71.6 Å². The number of aromatic carboxylic acids is 1. The van der Waals surface area contributed by atoms with Gasteiger partial charge in [-0.15, -0.1) is 0 Å². The number of carbonyl (C=O) groups excluding carboxylic acids is 1. The van der Waals surface area contributed by atoms with Crippen LogP contribution in [0.2, 0.25) is 0 Å². The third-order valence-corrected chi connectivity index (χ3v) is 5.72. The number of rotatable bonds is 10. The number of carboxylic acid groups (broad SMARTS) is 1. The van der Waals surface area contributed by atoms with E-state index in [1.165, 1.54) is 4.57 Å². The van der Waals surface area contributed by atoms with E-state index in [1.807, 2.05) is 38.1 Å². The lowest BCUT2D eigenvalue weighted by molar-refractivity contribution is 0.0697. The summed E-state index contributed by atoms with van der Waals surface area (Å²) in [6.45, 7) is 3.20. The Morgan fingerprint density at radius 1 is 0.970 bits per heavy atom. The Morgan fingerprint density at radius 3 is 2.27 bits per heavy atom. The van der Waals surface area contributed by atoms with Crippen molar-refractivity contribution in [3.63, 3.8) is 0 Å². The smallest absolute Gasteiger partial charge is 0.336 e. The van der Waals surface area contributed by atoms with Crippen LogP contribution in [-0.4, -0.2) is 26.1 Å². The van der Waals surface area contributed by atoms with Gasteiger partial charge in [0.15, 0.2) is 0 Å². The third-order valence-electron chi connectivity index (χ3n) is 5.72. The summed E-state index contributed by atoms with van der Waals surface area (Å²) in [5, 5.41) is 9.44. The third kappa shape index (κ3) is 5.13. The SMILES string of the molecule is CCCCc1c(CF)n(C(=O)CCC)c(=O)n1Cc1ccc(-c2ccccc2C(=O)O)cc1. The van der Waals surface area contributed by atoms with Gasteiger partial charge in [0.05, 0.1) is 17.8 Å². The number of nitrogens with zero attached hydrogens (tertiary/aromatic N) is 2. The largest absolute Gasteiger partial charge is 0.478 e. The van der Waals surface area contributed by atoms with E-state index in [0.29, 0.717) is 24.1 Å². The number of carboxylic acids is 1. The zero-order valence-corrected chi connectivity index (χ0v) is 19.0. The van der Waals surface area contributed by atoms with Crippen molar-refractivity contribution >= 4 is 11.9 Å². The zero-order chi connectivity index (χ0) is 24.0. The molecule has 0 fully saturated rings. The number of halogens is 1. The minimum absolute atomic E-state index is 0.152. The monoisotopic (exact) mass is 452 g/mol. The van der Waals surface area contributed by atoms with Gasteiger partial charge < -0.3 is 5.11 Å². The van der Waals surface area contributed by atoms with Gasteiger partial charge in [-0.25, -0.2) is 18.5 Å². The van der Waals surface area contributed by atoms with Crippen molar-refractivity contribution in [1.29, 1.82) is 0 Å². The Hall–Kier alpha value is -3.48. The predicted molar refractivity (Wildman–Crippen MR) is 126 cm³/mol. The van der Waals surface area contributed by atoms with Crippen molar-refractivity contribution in [3.05, 3.63) is 81.5 Å². The van der Waals surface area contributed by atoms with Crippen LogP contribution in [-0.2, 0) is 19.6 Å². The van der Waals surface area contributed by atoms with Crippen molar-refractivity contribution in [2.75, 3.05) is 0 Å². The van der Waals surface area contributed by atoms with Crippen molar-refractivity contribution in [2.45, 2.75) is 59.2 Å². The molecule has 7 heteroatoms. The summed E-state index contributed by atoms with van der Waals surface area (Å²) in [7, 11) is 0. The Labute approximate surface area is 192 Å². The van der Waals surface area contributed by atoms with Crippen molar-refractivity contribution in [1.82, 2.24) is 9.13 Å². The number of imidazole rings is 1. The fraction of sp³-hybridized carbons (Fsp3) is 0.346. The van der Waals surface area contributed by atoms with Crippen LogP contribution >= 0.6 is 0 Å². The molecule has 3 aromatic rings. The van der Waals surface area contributed by atoms with Gasteiger partial charge in [-0.2, -0.15) is 0 Å². The molecule has 0 aliphatic heterocycles. The van der Waals surface area contributed by atoms with E-state index >= 15 is 0 Å². The van der Waals surface area contributed by atoms with Gasteiger partial charge in [0.1, 0.15) is 6.67 Å². The second kappa shape index (κ2) is 10.9. The molecule has 1 N–H and O–H groups in total. The molecule has 0 aliphatic rings. The molecule has 0 spiro atoms. The van der Waals surface area contributed by atoms with Crippen LogP contribution < -0.4 is 5.69 Å². The summed E-state index contributed by atoms with van der Waals surface area (Å²) in [5.74, 6) is -1.38. The van der Waals surface area contributed by atoms with Gasteiger partial charge >= 0.3 is 11.7 Å². The Bertz CT molecular complexity index is 1190. The van der Waals surface area contributed by atoms with Gasteiger partial charge in [0.2, 0.25) is 5.91 Å². The molecule has 33 heavy (non-hydrogen) atoms. The molecule has 3 rings (SSSR count). The van der Waals surface area contributed by atoms with E-state index in [2.05, 4.69) is 0 Å². The van der Waals surface area contributed by atoms with Crippen molar-refractivity contribution in [3.8, 4) is 11.1 Å². The maximum Gasteiger partial charge on any atom is 0.336 e. The maximum atomic E-state index is 14.0. The molecule has 0 atom stereocenters. The molecule has 2 aromatic carbocycles. The van der Waals surface area contributed by atoms with E-state index < -0.39 is 18.3 Å². The summed E-state index contributed by atoms with van der Waals surface area (Å²) in [6.07, 6.45) is 2.93. The molecular weight excluding hydrogens is 423 g/mol. The first-order valence-electron chi connectivity index (χ1n) is 11.3. The number of hydrogen-bond donors (Lipinski definition) is 1. The summed E-state index contributed by atoms with van der Waals surface area (Å²) in [6, 6.07) is 14.0. The molecular formula is C26H29FN2O4. The fourth-order valence-corrected chi connectivity index (χ4v) is 4.04. The van der Waals surface area contributed by atoms with Crippen molar-refractivity contribution in [2.24, 2.45) is 0 Å². The quantitative estimate of drug-likeness (QED) is 0.452. The Morgan fingerprint density at radius 2 is 1.67 bits per heavy atom. The van der Waals surface area contributed by atoms with Gasteiger partial charge in [-0.3, -0.25) is 9.36 Å². The molecule has 0 bridgehead atoms. The van der Waals surface area contributed by atoms with Crippen LogP contribution in [0, 0.1) is 0 Å². The number of benzene rings is 2. The number of unbranched alkanes of at least 4 members (excludes halogenated alkanes) is 1. The molecule has 0 amide bonds. The van der Waals surface area contributed by atoms with E-state index in [-0.39, 0.29) is 30.1 Å². The lowest BCUT2D eigenvalue weighted by Gasteiger charge is -2.10. The van der Waals surface area contributed by atoms with Crippen LogP contribution in [0.15, 0.2) is 53.3 Å². The summed E-state index contributed by atoms with van der Waals surface area (Å²) >= 11 is 0.